The summed E-state index contributed by atoms with van der Waals surface area (Å²) in [7, 11) is 1.61. The second-order valence-corrected chi connectivity index (χ2v) is 9.58. The molecule has 40 heavy (non-hydrogen) atoms. The number of anilines is 1. The number of carboxylic acids is 1. The fraction of sp³-hybridized carbons (Fsp3) is 0.300. The number of carboxylic acid groups (broad SMARTS) is 1. The van der Waals surface area contributed by atoms with Crippen LogP contribution in [0.15, 0.2) is 71.7 Å². The van der Waals surface area contributed by atoms with Gasteiger partial charge in [0.1, 0.15) is 23.3 Å². The molecule has 0 aromatic heterocycles. The summed E-state index contributed by atoms with van der Waals surface area (Å²) in [6, 6.07) is 18.8. The average Bonchev–Trinajstić information content (AvgIpc) is 2.97. The summed E-state index contributed by atoms with van der Waals surface area (Å²) < 4.78 is 11.6. The molecule has 1 saturated heterocycles. The molecule has 6 N–H and O–H groups in total. The quantitative estimate of drug-likeness (QED) is 0.221. The molecule has 1 atom stereocenters. The Kier molecular flexibility index (Phi) is 9.58. The molecule has 1 aliphatic heterocycles. The van der Waals surface area contributed by atoms with Crippen LogP contribution in [0.3, 0.4) is 0 Å². The number of carbonyl (C=O) groups excluding carboxylic acids is 1. The highest BCUT2D eigenvalue weighted by Gasteiger charge is 2.19. The lowest BCUT2D eigenvalue weighted by Crippen LogP contribution is -2.34. The molecule has 4 rings (SSSR count). The average molecular weight is 546 g/mol. The second kappa shape index (κ2) is 13.5. The van der Waals surface area contributed by atoms with Crippen molar-refractivity contribution in [2.45, 2.75) is 38.3 Å². The van der Waals surface area contributed by atoms with Crippen molar-refractivity contribution < 1.29 is 24.2 Å². The molecule has 3 aromatic carbocycles. The lowest BCUT2D eigenvalue weighted by molar-refractivity contribution is -0.138. The number of amides is 1. The number of rotatable bonds is 10. The zero-order valence-electron chi connectivity index (χ0n) is 22.5. The topological polar surface area (TPSA) is 152 Å². The van der Waals surface area contributed by atoms with Crippen molar-refractivity contribution in [1.82, 2.24) is 5.32 Å². The first-order valence-corrected chi connectivity index (χ1v) is 13.2. The van der Waals surface area contributed by atoms with Crippen LogP contribution in [0.2, 0.25) is 0 Å². The Labute approximate surface area is 233 Å². The molecule has 1 heterocycles. The van der Waals surface area contributed by atoms with Crippen LogP contribution in [0.1, 0.15) is 40.7 Å². The van der Waals surface area contributed by atoms with Gasteiger partial charge < -0.3 is 36.3 Å². The summed E-state index contributed by atoms with van der Waals surface area (Å²) in [4.78, 5) is 30.1. The first-order valence-electron chi connectivity index (χ1n) is 13.2. The van der Waals surface area contributed by atoms with E-state index in [-0.39, 0.29) is 12.4 Å². The van der Waals surface area contributed by atoms with Crippen LogP contribution >= 0.6 is 0 Å². The normalized spacial score (nSPS) is 14.3. The molecule has 210 valence electrons. The number of nitrogens with zero attached hydrogens (tertiary/aromatic N) is 2. The van der Waals surface area contributed by atoms with Crippen LogP contribution in [-0.4, -0.2) is 49.2 Å². The summed E-state index contributed by atoms with van der Waals surface area (Å²) >= 11 is 0. The molecule has 10 heteroatoms. The van der Waals surface area contributed by atoms with Gasteiger partial charge >= 0.3 is 5.97 Å². The first-order chi connectivity index (χ1) is 19.3. The minimum Gasteiger partial charge on any atom is -0.497 e. The van der Waals surface area contributed by atoms with Crippen LogP contribution in [0, 0.1) is 0 Å². The van der Waals surface area contributed by atoms with Gasteiger partial charge in [-0.2, -0.15) is 4.99 Å². The van der Waals surface area contributed by atoms with E-state index in [0.717, 1.165) is 37.2 Å². The van der Waals surface area contributed by atoms with E-state index in [2.05, 4.69) is 21.3 Å². The van der Waals surface area contributed by atoms with E-state index in [1.54, 1.807) is 31.4 Å². The van der Waals surface area contributed by atoms with Gasteiger partial charge in [0.25, 0.3) is 5.91 Å². The summed E-state index contributed by atoms with van der Waals surface area (Å²) in [5, 5.41) is 12.1. The number of carbonyl (C=O) groups is 2. The van der Waals surface area contributed by atoms with Crippen LogP contribution in [0.4, 0.5) is 5.69 Å². The molecular formula is C30H35N5O5. The lowest BCUT2D eigenvalue weighted by Gasteiger charge is -2.31. The van der Waals surface area contributed by atoms with E-state index in [9.17, 15) is 9.59 Å². The van der Waals surface area contributed by atoms with Crippen LogP contribution in [0.5, 0.6) is 17.2 Å². The van der Waals surface area contributed by atoms with Crippen LogP contribution < -0.4 is 31.2 Å². The number of aliphatic imine (C=N–C) groups is 1. The number of piperidine rings is 1. The predicted molar refractivity (Wildman–Crippen MR) is 154 cm³/mol. The Bertz CT molecular complexity index is 1350. The van der Waals surface area contributed by atoms with Crippen molar-refractivity contribution in [1.29, 1.82) is 0 Å². The number of guanidine groups is 1. The minimum atomic E-state index is -1.08. The van der Waals surface area contributed by atoms with Crippen LogP contribution in [-0.2, 0) is 17.8 Å². The van der Waals surface area contributed by atoms with E-state index in [4.69, 9.17) is 26.0 Å². The Morgan fingerprint density at radius 1 is 1.02 bits per heavy atom. The highest BCUT2D eigenvalue weighted by atomic mass is 16.5. The predicted octanol–water partition coefficient (Wildman–Crippen LogP) is 3.68. The monoisotopic (exact) mass is 545 g/mol. The second-order valence-electron chi connectivity index (χ2n) is 9.58. The van der Waals surface area contributed by atoms with Crippen molar-refractivity contribution >= 4 is 23.5 Å². The van der Waals surface area contributed by atoms with E-state index in [1.807, 2.05) is 36.4 Å². The van der Waals surface area contributed by atoms with E-state index in [0.29, 0.717) is 34.9 Å². The maximum atomic E-state index is 12.7. The Balaban J connectivity index is 1.51. The molecule has 0 spiro atoms. The number of methoxy groups -OCH3 is 1. The number of ether oxygens (including phenoxy) is 2. The SMILES string of the molecule is COc1cccc(Oc2cccc(N3CCCCC3)c2CN/C(N)=N/C(=O)c2ccc(C[C@H](N)C(=O)O)cc2)c1. The zero-order chi connectivity index (χ0) is 28.5. The van der Waals surface area contributed by atoms with Gasteiger partial charge in [-0.25, -0.2) is 0 Å². The smallest absolute Gasteiger partial charge is 0.320 e. The molecule has 1 aliphatic rings. The van der Waals surface area contributed by atoms with Gasteiger partial charge in [-0.05, 0) is 67.6 Å². The van der Waals surface area contributed by atoms with Gasteiger partial charge in [0.2, 0.25) is 0 Å². The molecule has 0 unspecified atom stereocenters. The summed E-state index contributed by atoms with van der Waals surface area (Å²) in [5.74, 6) is 0.373. The summed E-state index contributed by atoms with van der Waals surface area (Å²) in [5.41, 5.74) is 14.7. The number of nitrogens with one attached hydrogen (secondary N) is 1. The number of hydrogen-bond acceptors (Lipinski definition) is 6. The fourth-order valence-electron chi connectivity index (χ4n) is 4.57. The van der Waals surface area contributed by atoms with Gasteiger partial charge in [-0.1, -0.05) is 24.3 Å². The van der Waals surface area contributed by atoms with Gasteiger partial charge in [-0.15, -0.1) is 0 Å². The lowest BCUT2D eigenvalue weighted by atomic mass is 10.0. The van der Waals surface area contributed by atoms with Crippen molar-refractivity contribution in [3.05, 3.63) is 83.4 Å². The maximum absolute atomic E-state index is 12.7. The van der Waals surface area contributed by atoms with Crippen molar-refractivity contribution in [3.8, 4) is 17.2 Å². The van der Waals surface area contributed by atoms with Crippen molar-refractivity contribution in [3.63, 3.8) is 0 Å². The Hall–Kier alpha value is -4.57. The molecule has 10 nitrogen and oxygen atoms in total. The Morgan fingerprint density at radius 3 is 2.42 bits per heavy atom. The van der Waals surface area contributed by atoms with Gasteiger partial charge in [0.15, 0.2) is 5.96 Å². The van der Waals surface area contributed by atoms with E-state index >= 15 is 0 Å². The maximum Gasteiger partial charge on any atom is 0.320 e. The largest absolute Gasteiger partial charge is 0.497 e. The number of nitrogens with two attached hydrogens (primary N) is 2. The number of hydrogen-bond donors (Lipinski definition) is 4. The third-order valence-corrected chi connectivity index (χ3v) is 6.72. The van der Waals surface area contributed by atoms with E-state index in [1.165, 1.54) is 6.42 Å². The van der Waals surface area contributed by atoms with Crippen molar-refractivity contribution in [2.75, 3.05) is 25.1 Å². The summed E-state index contributed by atoms with van der Waals surface area (Å²) in [6.45, 7) is 2.19. The minimum absolute atomic E-state index is 0.0252. The summed E-state index contributed by atoms with van der Waals surface area (Å²) in [6.07, 6.45) is 3.60. The first kappa shape index (κ1) is 28.4. The molecule has 0 radical (unpaired) electrons. The third-order valence-electron chi connectivity index (χ3n) is 6.72. The molecule has 1 amide bonds. The number of benzene rings is 3. The fourth-order valence-corrected chi connectivity index (χ4v) is 4.57. The van der Waals surface area contributed by atoms with Gasteiger partial charge in [0.05, 0.1) is 7.11 Å². The number of aliphatic carboxylic acids is 1. The highest BCUT2D eigenvalue weighted by Crippen LogP contribution is 2.35. The van der Waals surface area contributed by atoms with E-state index < -0.39 is 17.9 Å². The standard InChI is InChI=1S/C30H35N5O5/c1-39-22-7-5-8-23(18-22)40-27-10-6-9-26(35-15-3-2-4-16-35)24(27)19-33-30(32)34-28(36)21-13-11-20(12-14-21)17-25(31)29(37)38/h5-14,18,25H,2-4,15-17,19,31H2,1H3,(H,37,38)(H3,32,33,34,36)/t25-/m0/s1. The third kappa shape index (κ3) is 7.51. The molecule has 0 aliphatic carbocycles. The van der Waals surface area contributed by atoms with Crippen molar-refractivity contribution in [2.24, 2.45) is 16.5 Å². The van der Waals surface area contributed by atoms with Crippen LogP contribution in [0.25, 0.3) is 0 Å². The highest BCUT2D eigenvalue weighted by molar-refractivity contribution is 6.02. The molecule has 1 fully saturated rings. The van der Waals surface area contributed by atoms with Gasteiger partial charge in [0, 0.05) is 42.5 Å². The van der Waals surface area contributed by atoms with Gasteiger partial charge in [-0.3, -0.25) is 9.59 Å². The Morgan fingerprint density at radius 2 is 1.73 bits per heavy atom. The zero-order valence-corrected chi connectivity index (χ0v) is 22.5. The molecule has 3 aromatic rings. The molecule has 0 saturated carbocycles. The molecule has 0 bridgehead atoms. The molecular weight excluding hydrogens is 510 g/mol.